The van der Waals surface area contributed by atoms with Crippen molar-refractivity contribution in [2.45, 2.75) is 51.7 Å². The number of rotatable bonds is 3. The molecule has 1 aliphatic heterocycles. The van der Waals surface area contributed by atoms with Crippen LogP contribution < -0.4 is 5.69 Å². The van der Waals surface area contributed by atoms with E-state index in [4.69, 9.17) is 4.74 Å². The van der Waals surface area contributed by atoms with Gasteiger partial charge in [-0.1, -0.05) is 12.1 Å². The molecule has 1 aromatic carbocycles. The number of para-hydroxylation sites is 1. The van der Waals surface area contributed by atoms with E-state index in [1.54, 1.807) is 4.57 Å². The minimum atomic E-state index is -0.443. The second kappa shape index (κ2) is 7.52. The molecule has 0 bridgehead atoms. The first kappa shape index (κ1) is 20.0. The Bertz CT molecular complexity index is 941. The largest absolute Gasteiger partial charge is 0.444 e. The smallest absolute Gasteiger partial charge is 0.410 e. The van der Waals surface area contributed by atoms with Gasteiger partial charge < -0.3 is 14.6 Å². The predicted molar refractivity (Wildman–Crippen MR) is 113 cm³/mol. The second-order valence-corrected chi connectivity index (χ2v) is 9.50. The molecule has 2 aromatic rings. The van der Waals surface area contributed by atoms with E-state index in [0.29, 0.717) is 12.0 Å². The number of hydrogen-bond acceptors (Lipinski definition) is 4. The van der Waals surface area contributed by atoms with Gasteiger partial charge in [0.1, 0.15) is 5.60 Å². The summed E-state index contributed by atoms with van der Waals surface area (Å²) in [5.74, 6) is 0.652. The molecule has 158 valence electrons. The molecule has 0 atom stereocenters. The van der Waals surface area contributed by atoms with Crippen molar-refractivity contribution in [3.8, 4) is 0 Å². The van der Waals surface area contributed by atoms with Gasteiger partial charge >= 0.3 is 11.8 Å². The fourth-order valence-electron chi connectivity index (χ4n) is 4.63. The molecular formula is C22H32N4O3. The second-order valence-electron chi connectivity index (χ2n) is 9.50. The summed E-state index contributed by atoms with van der Waals surface area (Å²) in [6, 6.07) is 6.74. The van der Waals surface area contributed by atoms with Gasteiger partial charge in [0.05, 0.1) is 11.0 Å². The number of fused-ring (bicyclic) bond motifs is 1. The molecule has 0 radical (unpaired) electrons. The molecule has 0 unspecified atom stereocenters. The van der Waals surface area contributed by atoms with Gasteiger partial charge in [-0.15, -0.1) is 0 Å². The number of H-pyrrole nitrogens is 1. The lowest BCUT2D eigenvalue weighted by molar-refractivity contribution is -0.00171. The number of amides is 1. The van der Waals surface area contributed by atoms with Gasteiger partial charge in [0.15, 0.2) is 0 Å². The summed E-state index contributed by atoms with van der Waals surface area (Å²) in [6.07, 6.45) is 3.17. The highest BCUT2D eigenvalue weighted by molar-refractivity contribution is 5.79. The normalized spacial score (nSPS) is 23.2. The summed E-state index contributed by atoms with van der Waals surface area (Å²) in [5, 5.41) is 0. The van der Waals surface area contributed by atoms with Crippen molar-refractivity contribution in [1.29, 1.82) is 0 Å². The van der Waals surface area contributed by atoms with E-state index in [1.807, 2.05) is 44.9 Å². The van der Waals surface area contributed by atoms with Crippen LogP contribution in [-0.2, 0) is 18.2 Å². The Labute approximate surface area is 171 Å². The monoisotopic (exact) mass is 400 g/mol. The molecule has 29 heavy (non-hydrogen) atoms. The molecule has 2 fully saturated rings. The molecule has 2 aliphatic rings. The fraction of sp³-hybridized carbons (Fsp3) is 0.636. The van der Waals surface area contributed by atoms with Crippen LogP contribution in [0.25, 0.3) is 11.0 Å². The molecular weight excluding hydrogens is 368 g/mol. The topological polar surface area (TPSA) is 70.6 Å². The zero-order valence-electron chi connectivity index (χ0n) is 17.9. The Balaban J connectivity index is 1.28. The maximum atomic E-state index is 12.2. The summed E-state index contributed by atoms with van der Waals surface area (Å²) in [7, 11) is 1.83. The molecule has 0 spiro atoms. The first-order valence-corrected chi connectivity index (χ1v) is 10.6. The van der Waals surface area contributed by atoms with E-state index in [1.165, 1.54) is 18.4 Å². The third-order valence-electron chi connectivity index (χ3n) is 6.20. The Morgan fingerprint density at radius 3 is 2.52 bits per heavy atom. The summed E-state index contributed by atoms with van der Waals surface area (Å²) in [6.45, 7) is 9.02. The molecule has 1 amide bonds. The minimum Gasteiger partial charge on any atom is -0.444 e. The van der Waals surface area contributed by atoms with E-state index in [-0.39, 0.29) is 11.8 Å². The standard InChI is InChI=1S/C22H32N4O3/c1-22(2,3)29-21(28)26-10-8-25(9-11-26)17-13-15(14-17)12-16-6-5-7-18-19(16)24(4)20(27)23-18/h5-7,15,17H,8-14H2,1-4H3,(H,23,27)/t15-,17-. The number of benzene rings is 1. The zero-order valence-corrected chi connectivity index (χ0v) is 17.9. The van der Waals surface area contributed by atoms with Crippen LogP contribution in [0.15, 0.2) is 23.0 Å². The Morgan fingerprint density at radius 1 is 1.17 bits per heavy atom. The fourth-order valence-corrected chi connectivity index (χ4v) is 4.63. The summed E-state index contributed by atoms with van der Waals surface area (Å²) in [4.78, 5) is 31.4. The lowest BCUT2D eigenvalue weighted by Gasteiger charge is -2.46. The average Bonchev–Trinajstić information content (AvgIpc) is 2.91. The van der Waals surface area contributed by atoms with Crippen LogP contribution in [0.1, 0.15) is 39.2 Å². The average molecular weight is 401 g/mol. The first-order chi connectivity index (χ1) is 13.7. The highest BCUT2D eigenvalue weighted by Crippen LogP contribution is 2.36. The summed E-state index contributed by atoms with van der Waals surface area (Å²) >= 11 is 0. The molecule has 4 rings (SSSR count). The molecule has 1 aliphatic carbocycles. The summed E-state index contributed by atoms with van der Waals surface area (Å²) < 4.78 is 7.20. The van der Waals surface area contributed by atoms with Crippen LogP contribution in [0.2, 0.25) is 0 Å². The SMILES string of the molecule is Cn1c(=O)[nH]c2cccc(C[C@H]3C[C@H](N4CCN(C(=O)OC(C)(C)C)CC4)C3)c21. The van der Waals surface area contributed by atoms with Crippen LogP contribution in [0.4, 0.5) is 4.79 Å². The molecule has 7 nitrogen and oxygen atoms in total. The number of hydrogen-bond donors (Lipinski definition) is 1. The number of ether oxygens (including phenoxy) is 1. The Hall–Kier alpha value is -2.28. The van der Waals surface area contributed by atoms with Crippen molar-refractivity contribution >= 4 is 17.1 Å². The molecule has 2 heterocycles. The van der Waals surface area contributed by atoms with Crippen molar-refractivity contribution in [1.82, 2.24) is 19.4 Å². The van der Waals surface area contributed by atoms with Gasteiger partial charge in [-0.05, 0) is 57.6 Å². The maximum absolute atomic E-state index is 12.2. The third-order valence-corrected chi connectivity index (χ3v) is 6.20. The van der Waals surface area contributed by atoms with E-state index in [9.17, 15) is 9.59 Å². The van der Waals surface area contributed by atoms with Crippen molar-refractivity contribution in [2.75, 3.05) is 26.2 Å². The molecule has 1 saturated heterocycles. The summed E-state index contributed by atoms with van der Waals surface area (Å²) in [5.41, 5.74) is 2.71. The number of piperazine rings is 1. The van der Waals surface area contributed by atoms with E-state index in [0.717, 1.165) is 43.6 Å². The third kappa shape index (κ3) is 4.20. The predicted octanol–water partition coefficient (Wildman–Crippen LogP) is 2.74. The van der Waals surface area contributed by atoms with Crippen LogP contribution in [-0.4, -0.2) is 63.3 Å². The van der Waals surface area contributed by atoms with Gasteiger partial charge in [0.2, 0.25) is 0 Å². The quantitative estimate of drug-likeness (QED) is 0.860. The van der Waals surface area contributed by atoms with Crippen LogP contribution in [0, 0.1) is 5.92 Å². The zero-order chi connectivity index (χ0) is 20.8. The number of carbonyl (C=O) groups excluding carboxylic acids is 1. The molecule has 1 N–H and O–H groups in total. The number of aryl methyl sites for hydroxylation is 1. The van der Waals surface area contributed by atoms with Crippen LogP contribution in [0.5, 0.6) is 0 Å². The van der Waals surface area contributed by atoms with E-state index < -0.39 is 5.60 Å². The number of carbonyl (C=O) groups is 1. The van der Waals surface area contributed by atoms with Gasteiger partial charge in [0, 0.05) is 39.3 Å². The Kier molecular flexibility index (Phi) is 5.19. The lowest BCUT2D eigenvalue weighted by Crippen LogP contribution is -2.55. The number of nitrogens with one attached hydrogen (secondary N) is 1. The highest BCUT2D eigenvalue weighted by atomic mass is 16.6. The molecule has 7 heteroatoms. The Morgan fingerprint density at radius 2 is 1.86 bits per heavy atom. The van der Waals surface area contributed by atoms with Crippen molar-refractivity contribution in [3.63, 3.8) is 0 Å². The van der Waals surface area contributed by atoms with E-state index in [2.05, 4.69) is 16.0 Å². The van der Waals surface area contributed by atoms with Crippen molar-refractivity contribution in [3.05, 3.63) is 34.2 Å². The van der Waals surface area contributed by atoms with Gasteiger partial charge in [-0.25, -0.2) is 9.59 Å². The molecule has 1 saturated carbocycles. The maximum Gasteiger partial charge on any atom is 0.410 e. The van der Waals surface area contributed by atoms with Crippen LogP contribution >= 0.6 is 0 Å². The van der Waals surface area contributed by atoms with Gasteiger partial charge in [-0.3, -0.25) is 9.47 Å². The number of nitrogens with zero attached hydrogens (tertiary/aromatic N) is 3. The number of aromatic amines is 1. The number of aromatic nitrogens is 2. The van der Waals surface area contributed by atoms with Gasteiger partial charge in [0.25, 0.3) is 0 Å². The minimum absolute atomic E-state index is 0.0539. The van der Waals surface area contributed by atoms with Gasteiger partial charge in [-0.2, -0.15) is 0 Å². The van der Waals surface area contributed by atoms with Crippen molar-refractivity contribution in [2.24, 2.45) is 13.0 Å². The van der Waals surface area contributed by atoms with E-state index >= 15 is 0 Å². The van der Waals surface area contributed by atoms with Crippen LogP contribution in [0.3, 0.4) is 0 Å². The van der Waals surface area contributed by atoms with Crippen molar-refractivity contribution < 1.29 is 9.53 Å². The first-order valence-electron chi connectivity index (χ1n) is 10.6. The highest BCUT2D eigenvalue weighted by Gasteiger charge is 2.36. The molecule has 1 aromatic heterocycles. The number of imidazole rings is 1. The lowest BCUT2D eigenvalue weighted by atomic mass is 9.75.